The van der Waals surface area contributed by atoms with Crippen LogP contribution in [-0.2, 0) is 19.6 Å². The van der Waals surface area contributed by atoms with Gasteiger partial charge in [0.05, 0.1) is 16.9 Å². The summed E-state index contributed by atoms with van der Waals surface area (Å²) in [5.41, 5.74) is 5.28. The van der Waals surface area contributed by atoms with Gasteiger partial charge < -0.3 is 20.0 Å². The van der Waals surface area contributed by atoms with Crippen LogP contribution < -0.4 is 10.4 Å². The molecule has 1 atom stereocenters. The third kappa shape index (κ3) is 7.34. The number of hydrogen-bond acceptors (Lipinski definition) is 6. The first-order valence-electron chi connectivity index (χ1n) is 14.0. The molecule has 3 aromatic rings. The average molecular weight is 578 g/mol. The summed E-state index contributed by atoms with van der Waals surface area (Å²) in [7, 11) is -3.69. The standard InChI is InChI=1S/C32H38N2O6S/c1-22(2)20-34(41(38,39)24-17-15-23(3)16-18-24)19-9-8-14-30(31(35)36)33-32(37)40-21-29-27-12-6-4-10-25(27)26-11-5-7-13-28(26)29/h4-7,10-13,15-18,22,29-30H,8-9,14,19-21H2,1-3H3,(H,33,37)(H,35,36)/p-1. The fourth-order valence-corrected chi connectivity index (χ4v) is 6.89. The first-order valence-corrected chi connectivity index (χ1v) is 15.4. The minimum absolute atomic E-state index is 0.0701. The van der Waals surface area contributed by atoms with Gasteiger partial charge >= 0.3 is 6.09 Å². The Morgan fingerprint density at radius 1 is 0.927 bits per heavy atom. The number of carboxylic acid groups (broad SMARTS) is 1. The molecule has 0 spiro atoms. The summed E-state index contributed by atoms with van der Waals surface area (Å²) >= 11 is 0. The smallest absolute Gasteiger partial charge is 0.407 e. The number of alkyl carbamates (subject to hydrolysis) is 1. The quantitative estimate of drug-likeness (QED) is 0.300. The SMILES string of the molecule is Cc1ccc(S(=O)(=O)N(CCCCC(NC(=O)OCC2c3ccccc3-c3ccccc32)C(=O)[O-])CC(C)C)cc1. The van der Waals surface area contributed by atoms with Crippen LogP contribution in [0.2, 0.25) is 0 Å². The van der Waals surface area contributed by atoms with E-state index in [1.54, 1.807) is 24.3 Å². The van der Waals surface area contributed by atoms with Gasteiger partial charge in [-0.25, -0.2) is 13.2 Å². The molecule has 1 unspecified atom stereocenters. The number of aryl methyl sites for hydroxylation is 1. The zero-order valence-corrected chi connectivity index (χ0v) is 24.5. The van der Waals surface area contributed by atoms with E-state index in [-0.39, 0.29) is 36.3 Å². The zero-order valence-electron chi connectivity index (χ0n) is 23.7. The second kappa shape index (κ2) is 13.3. The molecule has 9 heteroatoms. The number of nitrogens with one attached hydrogen (secondary N) is 1. The van der Waals surface area contributed by atoms with Gasteiger partial charge in [0.25, 0.3) is 0 Å². The lowest BCUT2D eigenvalue weighted by molar-refractivity contribution is -0.308. The second-order valence-electron chi connectivity index (χ2n) is 10.9. The molecule has 41 heavy (non-hydrogen) atoms. The minimum atomic E-state index is -3.69. The number of amides is 1. The molecule has 0 aliphatic heterocycles. The maximum Gasteiger partial charge on any atom is 0.407 e. The number of carboxylic acids is 1. The van der Waals surface area contributed by atoms with Crippen molar-refractivity contribution in [3.05, 3.63) is 89.5 Å². The fraction of sp³-hybridized carbons (Fsp3) is 0.375. The summed E-state index contributed by atoms with van der Waals surface area (Å²) in [6, 6.07) is 21.4. The van der Waals surface area contributed by atoms with Crippen LogP contribution in [0.25, 0.3) is 11.1 Å². The van der Waals surface area contributed by atoms with Crippen LogP contribution in [0.4, 0.5) is 4.79 Å². The topological polar surface area (TPSA) is 116 Å². The van der Waals surface area contributed by atoms with Gasteiger partial charge in [0.1, 0.15) is 6.61 Å². The highest BCUT2D eigenvalue weighted by Gasteiger charge is 2.29. The molecule has 0 radical (unpaired) electrons. The van der Waals surface area contributed by atoms with E-state index in [0.717, 1.165) is 27.8 Å². The first-order chi connectivity index (χ1) is 19.6. The lowest BCUT2D eigenvalue weighted by Crippen LogP contribution is -2.48. The van der Waals surface area contributed by atoms with Gasteiger partial charge in [-0.15, -0.1) is 0 Å². The van der Waals surface area contributed by atoms with Gasteiger partial charge in [-0.2, -0.15) is 4.31 Å². The molecule has 1 amide bonds. The number of benzene rings is 3. The Bertz CT molecular complexity index is 1420. The van der Waals surface area contributed by atoms with E-state index >= 15 is 0 Å². The van der Waals surface area contributed by atoms with E-state index in [9.17, 15) is 23.1 Å². The van der Waals surface area contributed by atoms with Crippen LogP contribution in [0, 0.1) is 12.8 Å². The molecular formula is C32H37N2O6S-. The van der Waals surface area contributed by atoms with Crippen molar-refractivity contribution in [1.29, 1.82) is 0 Å². The predicted molar refractivity (Wildman–Crippen MR) is 156 cm³/mol. The Kier molecular flexibility index (Phi) is 9.83. The van der Waals surface area contributed by atoms with E-state index in [2.05, 4.69) is 5.32 Å². The number of aliphatic carboxylic acids is 1. The number of fused-ring (bicyclic) bond motifs is 3. The van der Waals surface area contributed by atoms with Crippen molar-refractivity contribution in [3.8, 4) is 11.1 Å². The van der Waals surface area contributed by atoms with Gasteiger partial charge in [-0.1, -0.05) is 80.1 Å². The highest BCUT2D eigenvalue weighted by molar-refractivity contribution is 7.89. The summed E-state index contributed by atoms with van der Waals surface area (Å²) in [6.45, 7) is 6.44. The summed E-state index contributed by atoms with van der Waals surface area (Å²) < 4.78 is 33.4. The Labute approximate surface area is 242 Å². The Hall–Kier alpha value is -3.69. The molecule has 0 saturated carbocycles. The number of hydrogen-bond donors (Lipinski definition) is 1. The van der Waals surface area contributed by atoms with Gasteiger partial charge in [-0.3, -0.25) is 0 Å². The van der Waals surface area contributed by atoms with Crippen LogP contribution in [0.5, 0.6) is 0 Å². The second-order valence-corrected chi connectivity index (χ2v) is 12.8. The normalized spacial score (nSPS) is 13.6. The molecule has 0 bridgehead atoms. The first kappa shape index (κ1) is 30.3. The number of nitrogens with zero attached hydrogens (tertiary/aromatic N) is 1. The summed E-state index contributed by atoms with van der Waals surface area (Å²) in [5.74, 6) is -1.44. The van der Waals surface area contributed by atoms with Gasteiger partial charge in [0.2, 0.25) is 10.0 Å². The minimum Gasteiger partial charge on any atom is -0.548 e. The predicted octanol–water partition coefficient (Wildman–Crippen LogP) is 4.47. The van der Waals surface area contributed by atoms with Crippen LogP contribution in [0.15, 0.2) is 77.7 Å². The third-order valence-corrected chi connectivity index (χ3v) is 9.18. The van der Waals surface area contributed by atoms with Crippen molar-refractivity contribution in [1.82, 2.24) is 9.62 Å². The van der Waals surface area contributed by atoms with E-state index < -0.39 is 28.1 Å². The Morgan fingerprint density at radius 3 is 2.07 bits per heavy atom. The number of carbonyl (C=O) groups is 2. The number of sulfonamides is 1. The number of rotatable bonds is 13. The third-order valence-electron chi connectivity index (χ3n) is 7.30. The molecule has 1 N–H and O–H groups in total. The molecule has 4 rings (SSSR count). The molecule has 3 aromatic carbocycles. The largest absolute Gasteiger partial charge is 0.548 e. The maximum absolute atomic E-state index is 13.2. The molecule has 0 saturated heterocycles. The van der Waals surface area contributed by atoms with Crippen LogP contribution in [0.3, 0.4) is 0 Å². The molecule has 1 aliphatic carbocycles. The van der Waals surface area contributed by atoms with Gasteiger partial charge in [0, 0.05) is 19.0 Å². The lowest BCUT2D eigenvalue weighted by Gasteiger charge is -2.25. The van der Waals surface area contributed by atoms with Crippen molar-refractivity contribution in [2.75, 3.05) is 19.7 Å². The molecule has 0 heterocycles. The molecular weight excluding hydrogens is 540 g/mol. The van der Waals surface area contributed by atoms with Crippen molar-refractivity contribution < 1.29 is 27.9 Å². The van der Waals surface area contributed by atoms with Crippen LogP contribution >= 0.6 is 0 Å². The Balaban J connectivity index is 1.31. The number of carbonyl (C=O) groups excluding carboxylic acids is 2. The van der Waals surface area contributed by atoms with Crippen molar-refractivity contribution in [3.63, 3.8) is 0 Å². The highest BCUT2D eigenvalue weighted by atomic mass is 32.2. The summed E-state index contributed by atoms with van der Waals surface area (Å²) in [5, 5.41) is 14.2. The number of unbranched alkanes of at least 4 members (excludes halogenated alkanes) is 1. The molecule has 8 nitrogen and oxygen atoms in total. The molecule has 0 fully saturated rings. The van der Waals surface area contributed by atoms with Crippen molar-refractivity contribution >= 4 is 22.1 Å². The van der Waals surface area contributed by atoms with Crippen molar-refractivity contribution in [2.24, 2.45) is 5.92 Å². The van der Waals surface area contributed by atoms with Gasteiger partial charge in [0.15, 0.2) is 0 Å². The molecule has 1 aliphatic rings. The molecule has 0 aromatic heterocycles. The monoisotopic (exact) mass is 577 g/mol. The zero-order chi connectivity index (χ0) is 29.6. The van der Waals surface area contributed by atoms with Crippen LogP contribution in [-0.4, -0.2) is 50.5 Å². The van der Waals surface area contributed by atoms with Crippen molar-refractivity contribution in [2.45, 2.75) is 56.9 Å². The fourth-order valence-electron chi connectivity index (χ4n) is 5.24. The Morgan fingerprint density at radius 2 is 1.51 bits per heavy atom. The summed E-state index contributed by atoms with van der Waals surface area (Å²) in [4.78, 5) is 24.6. The van der Waals surface area contributed by atoms with E-state index in [1.165, 1.54) is 4.31 Å². The van der Waals surface area contributed by atoms with E-state index in [0.29, 0.717) is 19.4 Å². The molecule has 218 valence electrons. The number of ether oxygens (including phenoxy) is 1. The highest BCUT2D eigenvalue weighted by Crippen LogP contribution is 2.44. The van der Waals surface area contributed by atoms with Crippen LogP contribution in [0.1, 0.15) is 55.7 Å². The maximum atomic E-state index is 13.2. The lowest BCUT2D eigenvalue weighted by atomic mass is 9.98. The van der Waals surface area contributed by atoms with E-state index in [4.69, 9.17) is 4.74 Å². The average Bonchev–Trinajstić information content (AvgIpc) is 3.26. The van der Waals surface area contributed by atoms with Gasteiger partial charge in [-0.05, 0) is 66.5 Å². The van der Waals surface area contributed by atoms with E-state index in [1.807, 2.05) is 69.3 Å². The summed E-state index contributed by atoms with van der Waals surface area (Å²) in [6.07, 6.45) is 0.0606.